The van der Waals surface area contributed by atoms with Gasteiger partial charge in [-0.2, -0.15) is 0 Å². The summed E-state index contributed by atoms with van der Waals surface area (Å²) in [7, 11) is 1.66. The molecule has 0 amide bonds. The van der Waals surface area contributed by atoms with Crippen molar-refractivity contribution in [1.29, 1.82) is 0 Å². The molecule has 0 aliphatic heterocycles. The summed E-state index contributed by atoms with van der Waals surface area (Å²) in [6.45, 7) is 0. The normalized spacial score (nSPS) is 12.2. The van der Waals surface area contributed by atoms with E-state index in [0.717, 1.165) is 28.0 Å². The number of benzene rings is 2. The van der Waals surface area contributed by atoms with E-state index in [0.29, 0.717) is 5.02 Å². The minimum absolute atomic E-state index is 0.0365. The molecule has 1 atom stereocenters. The lowest BCUT2D eigenvalue weighted by atomic mass is 10.1. The highest BCUT2D eigenvalue weighted by Gasteiger charge is 2.11. The Morgan fingerprint density at radius 2 is 2.05 bits per heavy atom. The van der Waals surface area contributed by atoms with Crippen LogP contribution in [0.15, 0.2) is 51.8 Å². The van der Waals surface area contributed by atoms with Crippen molar-refractivity contribution in [2.24, 2.45) is 5.73 Å². The predicted molar refractivity (Wildman–Crippen MR) is 94.5 cm³/mol. The van der Waals surface area contributed by atoms with Gasteiger partial charge >= 0.3 is 0 Å². The largest absolute Gasteiger partial charge is 0.496 e. The average Bonchev–Trinajstić information content (AvgIpc) is 2.47. The van der Waals surface area contributed by atoms with Crippen molar-refractivity contribution in [1.82, 2.24) is 0 Å². The van der Waals surface area contributed by atoms with Crippen LogP contribution in [0.25, 0.3) is 0 Å². The van der Waals surface area contributed by atoms with Crippen LogP contribution in [0.2, 0.25) is 5.02 Å². The van der Waals surface area contributed by atoms with Gasteiger partial charge in [-0.25, -0.2) is 0 Å². The third kappa shape index (κ3) is 4.92. The fourth-order valence-electron chi connectivity index (χ4n) is 2.01. The molecule has 0 aliphatic carbocycles. The van der Waals surface area contributed by atoms with Gasteiger partial charge in [0.1, 0.15) is 5.75 Å². The highest BCUT2D eigenvalue weighted by atomic mass is 79.9. The van der Waals surface area contributed by atoms with E-state index in [2.05, 4.69) is 22.0 Å². The molecule has 0 radical (unpaired) electrons. The molecule has 21 heavy (non-hydrogen) atoms. The molecule has 0 spiro atoms. The first-order valence-electron chi connectivity index (χ1n) is 6.55. The zero-order chi connectivity index (χ0) is 15.2. The minimum atomic E-state index is 0.0365. The van der Waals surface area contributed by atoms with Crippen molar-refractivity contribution in [2.45, 2.75) is 17.4 Å². The summed E-state index contributed by atoms with van der Waals surface area (Å²) in [5.74, 6) is 1.67. The first-order chi connectivity index (χ1) is 10.1. The molecular formula is C16H17BrClNOS. The van der Waals surface area contributed by atoms with Crippen molar-refractivity contribution in [3.8, 4) is 5.75 Å². The van der Waals surface area contributed by atoms with Crippen molar-refractivity contribution in [2.75, 3.05) is 12.9 Å². The van der Waals surface area contributed by atoms with Crippen LogP contribution in [0.5, 0.6) is 5.75 Å². The van der Waals surface area contributed by atoms with Crippen molar-refractivity contribution >= 4 is 39.3 Å². The molecule has 112 valence electrons. The SMILES string of the molecule is COc1ccc(Cl)cc1CC(N)CSc1ccccc1Br. The minimum Gasteiger partial charge on any atom is -0.496 e. The van der Waals surface area contributed by atoms with Crippen LogP contribution in [-0.2, 0) is 6.42 Å². The molecule has 0 aliphatic rings. The quantitative estimate of drug-likeness (QED) is 0.726. The van der Waals surface area contributed by atoms with E-state index in [4.69, 9.17) is 22.1 Å². The van der Waals surface area contributed by atoms with E-state index in [-0.39, 0.29) is 6.04 Å². The standard InChI is InChI=1S/C16H17BrClNOS/c1-20-15-7-6-12(18)8-11(15)9-13(19)10-21-16-5-3-2-4-14(16)17/h2-8,13H,9-10,19H2,1H3. The van der Waals surface area contributed by atoms with Gasteiger partial charge in [-0.3, -0.25) is 0 Å². The van der Waals surface area contributed by atoms with Crippen LogP contribution in [0, 0.1) is 0 Å². The van der Waals surface area contributed by atoms with Gasteiger partial charge in [-0.1, -0.05) is 23.7 Å². The Morgan fingerprint density at radius 1 is 1.29 bits per heavy atom. The molecule has 1 unspecified atom stereocenters. The summed E-state index contributed by atoms with van der Waals surface area (Å²) in [6, 6.07) is 13.8. The topological polar surface area (TPSA) is 35.2 Å². The van der Waals surface area contributed by atoms with Gasteiger partial charge in [0.25, 0.3) is 0 Å². The van der Waals surface area contributed by atoms with Gasteiger partial charge in [0.05, 0.1) is 7.11 Å². The molecule has 0 fully saturated rings. The zero-order valence-corrected chi connectivity index (χ0v) is 14.8. The van der Waals surface area contributed by atoms with E-state index in [1.54, 1.807) is 18.9 Å². The Hall–Kier alpha value is -0.680. The van der Waals surface area contributed by atoms with Crippen molar-refractivity contribution < 1.29 is 4.74 Å². The maximum atomic E-state index is 6.24. The van der Waals surface area contributed by atoms with Crippen LogP contribution < -0.4 is 10.5 Å². The summed E-state index contributed by atoms with van der Waals surface area (Å²) >= 11 is 11.3. The molecule has 2 rings (SSSR count). The van der Waals surface area contributed by atoms with E-state index < -0.39 is 0 Å². The molecule has 0 heterocycles. The molecule has 2 aromatic rings. The molecule has 0 saturated heterocycles. The van der Waals surface area contributed by atoms with E-state index >= 15 is 0 Å². The van der Waals surface area contributed by atoms with Gasteiger partial charge in [0.2, 0.25) is 0 Å². The monoisotopic (exact) mass is 385 g/mol. The second-order valence-corrected chi connectivity index (χ2v) is 7.01. The number of thioether (sulfide) groups is 1. The highest BCUT2D eigenvalue weighted by molar-refractivity contribution is 9.10. The van der Waals surface area contributed by atoms with Gasteiger partial charge < -0.3 is 10.5 Å². The second kappa shape index (κ2) is 8.08. The Bertz CT molecular complexity index is 609. The Morgan fingerprint density at radius 3 is 2.76 bits per heavy atom. The zero-order valence-electron chi connectivity index (χ0n) is 11.7. The van der Waals surface area contributed by atoms with Crippen LogP contribution in [0.4, 0.5) is 0 Å². The van der Waals surface area contributed by atoms with E-state index in [1.165, 1.54) is 4.90 Å². The lowest BCUT2D eigenvalue weighted by molar-refractivity contribution is 0.408. The van der Waals surface area contributed by atoms with E-state index in [1.807, 2.05) is 36.4 Å². The highest BCUT2D eigenvalue weighted by Crippen LogP contribution is 2.29. The first-order valence-corrected chi connectivity index (χ1v) is 8.71. The van der Waals surface area contributed by atoms with Crippen molar-refractivity contribution in [3.63, 3.8) is 0 Å². The maximum Gasteiger partial charge on any atom is 0.122 e. The van der Waals surface area contributed by atoms with Gasteiger partial charge in [0, 0.05) is 26.2 Å². The third-order valence-corrected chi connectivity index (χ3v) is 5.46. The molecule has 2 N–H and O–H groups in total. The molecule has 5 heteroatoms. The number of halogens is 2. The van der Waals surface area contributed by atoms with Gasteiger partial charge in [0.15, 0.2) is 0 Å². The third-order valence-electron chi connectivity index (χ3n) is 3.01. The summed E-state index contributed by atoms with van der Waals surface area (Å²) in [5, 5.41) is 0.705. The van der Waals surface area contributed by atoms with Crippen LogP contribution in [0.1, 0.15) is 5.56 Å². The van der Waals surface area contributed by atoms with Crippen LogP contribution >= 0.6 is 39.3 Å². The summed E-state index contributed by atoms with van der Waals surface area (Å²) in [6.07, 6.45) is 0.737. The van der Waals surface area contributed by atoms with Gasteiger partial charge in [-0.15, -0.1) is 11.8 Å². The number of hydrogen-bond acceptors (Lipinski definition) is 3. The first kappa shape index (κ1) is 16.7. The molecule has 2 nitrogen and oxygen atoms in total. The number of rotatable bonds is 6. The Labute approximate surface area is 143 Å². The fraction of sp³-hybridized carbons (Fsp3) is 0.250. The summed E-state index contributed by atoms with van der Waals surface area (Å²) in [5.41, 5.74) is 7.29. The van der Waals surface area contributed by atoms with Crippen molar-refractivity contribution in [3.05, 3.63) is 57.5 Å². The Kier molecular flexibility index (Phi) is 6.42. The molecule has 2 aromatic carbocycles. The molecular weight excluding hydrogens is 370 g/mol. The molecule has 0 saturated carbocycles. The maximum absolute atomic E-state index is 6.24. The molecule has 0 aromatic heterocycles. The van der Waals surface area contributed by atoms with E-state index in [9.17, 15) is 0 Å². The fourth-order valence-corrected chi connectivity index (χ4v) is 3.72. The van der Waals surface area contributed by atoms with Gasteiger partial charge in [-0.05, 0) is 58.2 Å². The number of ether oxygens (including phenoxy) is 1. The second-order valence-electron chi connectivity index (χ2n) is 4.66. The average molecular weight is 387 g/mol. The lowest BCUT2D eigenvalue weighted by Crippen LogP contribution is -2.25. The summed E-state index contributed by atoms with van der Waals surface area (Å²) < 4.78 is 6.45. The lowest BCUT2D eigenvalue weighted by Gasteiger charge is -2.14. The number of hydrogen-bond donors (Lipinski definition) is 1. The van der Waals surface area contributed by atoms with Crippen LogP contribution in [-0.4, -0.2) is 18.9 Å². The smallest absolute Gasteiger partial charge is 0.122 e. The number of methoxy groups -OCH3 is 1. The predicted octanol–water partition coefficient (Wildman–Crippen LogP) is 4.77. The molecule has 0 bridgehead atoms. The summed E-state index contributed by atoms with van der Waals surface area (Å²) in [4.78, 5) is 1.20. The van der Waals surface area contributed by atoms with Crippen LogP contribution in [0.3, 0.4) is 0 Å². The number of nitrogens with two attached hydrogens (primary N) is 1. The Balaban J connectivity index is 1.97.